The monoisotopic (exact) mass is 513 g/mol. The van der Waals surface area contributed by atoms with Crippen LogP contribution in [-0.4, -0.2) is 51.9 Å². The molecule has 8 atom stereocenters. The summed E-state index contributed by atoms with van der Waals surface area (Å²) in [6.45, 7) is 10.2. The lowest BCUT2D eigenvalue weighted by molar-refractivity contribution is -0.147. The molecular formula is C28H36ClN3O4. The molecule has 1 spiro atoms. The van der Waals surface area contributed by atoms with E-state index in [1.807, 2.05) is 32.9 Å². The summed E-state index contributed by atoms with van der Waals surface area (Å²) in [6, 6.07) is 6.12. The van der Waals surface area contributed by atoms with Crippen LogP contribution in [0.25, 0.3) is 0 Å². The number of hydrogen-bond donors (Lipinski definition) is 2. The average molecular weight is 514 g/mol. The fraction of sp³-hybridized carbons (Fsp3) is 0.607. The average Bonchev–Trinajstić information content (AvgIpc) is 3.44. The van der Waals surface area contributed by atoms with Crippen molar-refractivity contribution in [3.8, 4) is 0 Å². The van der Waals surface area contributed by atoms with Crippen molar-refractivity contribution in [3.05, 3.63) is 41.4 Å². The molecule has 3 amide bonds. The van der Waals surface area contributed by atoms with E-state index >= 15 is 0 Å². The summed E-state index contributed by atoms with van der Waals surface area (Å²) in [5, 5.41) is 6.69. The number of amides is 3. The predicted molar refractivity (Wildman–Crippen MR) is 138 cm³/mol. The van der Waals surface area contributed by atoms with Gasteiger partial charge in [-0.05, 0) is 57.2 Å². The van der Waals surface area contributed by atoms with Gasteiger partial charge in [-0.1, -0.05) is 56.5 Å². The van der Waals surface area contributed by atoms with Gasteiger partial charge in [-0.25, -0.2) is 0 Å². The van der Waals surface area contributed by atoms with Gasteiger partial charge in [0.05, 0.1) is 17.9 Å². The maximum Gasteiger partial charge on any atom is 0.246 e. The summed E-state index contributed by atoms with van der Waals surface area (Å²) in [6.07, 6.45) is 6.28. The lowest BCUT2D eigenvalue weighted by Gasteiger charge is -2.41. The van der Waals surface area contributed by atoms with Crippen molar-refractivity contribution in [2.45, 2.75) is 83.2 Å². The van der Waals surface area contributed by atoms with Crippen LogP contribution in [0.15, 0.2) is 36.4 Å². The molecule has 1 aromatic carbocycles. The Balaban J connectivity index is 1.46. The van der Waals surface area contributed by atoms with E-state index in [-0.39, 0.29) is 23.8 Å². The summed E-state index contributed by atoms with van der Waals surface area (Å²) in [7, 11) is 0. The molecule has 3 fully saturated rings. The Morgan fingerprint density at radius 3 is 2.61 bits per heavy atom. The minimum atomic E-state index is -1.17. The Kier molecular flexibility index (Phi) is 6.23. The van der Waals surface area contributed by atoms with Crippen LogP contribution in [0.2, 0.25) is 5.02 Å². The van der Waals surface area contributed by atoms with Crippen LogP contribution < -0.4 is 10.6 Å². The van der Waals surface area contributed by atoms with Gasteiger partial charge in [0.1, 0.15) is 11.6 Å². The molecule has 7 nitrogen and oxygen atoms in total. The van der Waals surface area contributed by atoms with E-state index < -0.39 is 35.1 Å². The first kappa shape index (κ1) is 25.3. The topological polar surface area (TPSA) is 87.7 Å². The molecule has 3 heterocycles. The first-order chi connectivity index (χ1) is 16.9. The van der Waals surface area contributed by atoms with Gasteiger partial charge in [0.15, 0.2) is 0 Å². The van der Waals surface area contributed by atoms with Gasteiger partial charge >= 0.3 is 0 Å². The number of halogens is 1. The smallest absolute Gasteiger partial charge is 0.246 e. The fourth-order valence-corrected chi connectivity index (χ4v) is 6.92. The molecule has 2 N–H and O–H groups in total. The van der Waals surface area contributed by atoms with Crippen molar-refractivity contribution in [2.75, 3.05) is 5.32 Å². The largest absolute Gasteiger partial charge is 0.359 e. The molecule has 1 saturated carbocycles. The van der Waals surface area contributed by atoms with E-state index in [9.17, 15) is 14.4 Å². The summed E-state index contributed by atoms with van der Waals surface area (Å²) in [5.74, 6) is -1.36. The Bertz CT molecular complexity index is 1110. The Morgan fingerprint density at radius 1 is 1.17 bits per heavy atom. The summed E-state index contributed by atoms with van der Waals surface area (Å²) in [4.78, 5) is 43.1. The van der Waals surface area contributed by atoms with Crippen LogP contribution in [0.3, 0.4) is 0 Å². The minimum Gasteiger partial charge on any atom is -0.359 e. The second-order valence-electron chi connectivity index (χ2n) is 12.0. The van der Waals surface area contributed by atoms with Gasteiger partial charge in [0.2, 0.25) is 17.7 Å². The SMILES string of the molecule is C[C@H]1[C@H](C)CCC[C@@H]1NC(=O)[C@@H]1N(C(C)(C)C)C(=O)[C@H]2[C@H](C(=O)Nc3cccc(Cl)c3)[C@H]3C=C[C@@]12O3. The van der Waals surface area contributed by atoms with Gasteiger partial charge in [-0.2, -0.15) is 0 Å². The second kappa shape index (κ2) is 8.88. The Morgan fingerprint density at radius 2 is 1.92 bits per heavy atom. The molecule has 5 rings (SSSR count). The number of benzene rings is 1. The quantitative estimate of drug-likeness (QED) is 0.591. The van der Waals surface area contributed by atoms with Crippen LogP contribution in [0.5, 0.6) is 0 Å². The predicted octanol–water partition coefficient (Wildman–Crippen LogP) is 4.17. The minimum absolute atomic E-state index is 0.0538. The fourth-order valence-electron chi connectivity index (χ4n) is 6.73. The van der Waals surface area contributed by atoms with Crippen molar-refractivity contribution in [2.24, 2.45) is 23.7 Å². The van der Waals surface area contributed by atoms with E-state index in [1.54, 1.807) is 29.2 Å². The van der Waals surface area contributed by atoms with E-state index in [2.05, 4.69) is 24.5 Å². The van der Waals surface area contributed by atoms with Crippen molar-refractivity contribution < 1.29 is 19.1 Å². The number of rotatable bonds is 4. The van der Waals surface area contributed by atoms with Gasteiger partial charge in [0.25, 0.3) is 0 Å². The van der Waals surface area contributed by atoms with E-state index in [0.717, 1.165) is 19.3 Å². The molecule has 1 aromatic rings. The lowest BCUT2D eigenvalue weighted by Crippen LogP contribution is -2.61. The zero-order valence-electron chi connectivity index (χ0n) is 21.6. The molecule has 1 aliphatic carbocycles. The summed E-state index contributed by atoms with van der Waals surface area (Å²) >= 11 is 6.09. The third-order valence-corrected chi connectivity index (χ3v) is 8.91. The first-order valence-electron chi connectivity index (χ1n) is 13.0. The molecule has 2 bridgehead atoms. The molecule has 194 valence electrons. The first-order valence-corrected chi connectivity index (χ1v) is 13.4. The van der Waals surface area contributed by atoms with Crippen molar-refractivity contribution >= 4 is 35.0 Å². The number of ether oxygens (including phenoxy) is 1. The van der Waals surface area contributed by atoms with Gasteiger partial charge < -0.3 is 20.3 Å². The highest BCUT2D eigenvalue weighted by Gasteiger charge is 2.74. The molecule has 0 unspecified atom stereocenters. The standard InChI is InChI=1S/C28H36ClN3O4/c1-15-8-6-11-19(16(15)2)31-25(34)23-28-13-12-20(36-28)21(22(28)26(35)32(23)27(3,4)5)24(33)30-18-10-7-9-17(29)14-18/h7,9-10,12-16,19-23H,6,8,11H2,1-5H3,(H,30,33)(H,31,34)/t15-,16+,19+,20-,21-,22-,23+,28+/m1/s1. The Hall–Kier alpha value is -2.38. The molecule has 2 saturated heterocycles. The normalized spacial score (nSPS) is 37.2. The molecule has 36 heavy (non-hydrogen) atoms. The van der Waals surface area contributed by atoms with Gasteiger partial charge in [0, 0.05) is 22.3 Å². The maximum absolute atomic E-state index is 14.0. The third-order valence-electron chi connectivity index (χ3n) is 8.68. The van der Waals surface area contributed by atoms with Crippen molar-refractivity contribution in [1.82, 2.24) is 10.2 Å². The van der Waals surface area contributed by atoms with Crippen LogP contribution in [0.1, 0.15) is 53.9 Å². The number of carbonyl (C=O) groups is 3. The number of nitrogens with zero attached hydrogens (tertiary/aromatic N) is 1. The zero-order valence-corrected chi connectivity index (χ0v) is 22.3. The van der Waals surface area contributed by atoms with Crippen molar-refractivity contribution in [3.63, 3.8) is 0 Å². The number of hydrogen-bond acceptors (Lipinski definition) is 4. The highest BCUT2D eigenvalue weighted by molar-refractivity contribution is 6.30. The highest BCUT2D eigenvalue weighted by atomic mass is 35.5. The number of carbonyl (C=O) groups excluding carboxylic acids is 3. The molecule has 0 aromatic heterocycles. The van der Waals surface area contributed by atoms with Crippen LogP contribution in [0.4, 0.5) is 5.69 Å². The number of fused-ring (bicyclic) bond motifs is 1. The van der Waals surface area contributed by atoms with Crippen LogP contribution >= 0.6 is 11.6 Å². The number of nitrogens with one attached hydrogen (secondary N) is 2. The molecule has 0 radical (unpaired) electrons. The summed E-state index contributed by atoms with van der Waals surface area (Å²) < 4.78 is 6.42. The lowest BCUT2D eigenvalue weighted by atomic mass is 9.73. The van der Waals surface area contributed by atoms with Crippen LogP contribution in [-0.2, 0) is 19.1 Å². The Labute approximate surface area is 218 Å². The van der Waals surface area contributed by atoms with Crippen molar-refractivity contribution in [1.29, 1.82) is 0 Å². The zero-order chi connectivity index (χ0) is 26.0. The van der Waals surface area contributed by atoms with Crippen LogP contribution in [0, 0.1) is 23.7 Å². The van der Waals surface area contributed by atoms with E-state index in [0.29, 0.717) is 22.5 Å². The molecule has 4 aliphatic rings. The summed E-state index contributed by atoms with van der Waals surface area (Å²) in [5.41, 5.74) is -1.24. The highest BCUT2D eigenvalue weighted by Crippen LogP contribution is 2.56. The number of likely N-dealkylation sites (tertiary alicyclic amines) is 1. The molecular weight excluding hydrogens is 478 g/mol. The maximum atomic E-state index is 14.0. The second-order valence-corrected chi connectivity index (χ2v) is 12.4. The molecule has 8 heteroatoms. The third kappa shape index (κ3) is 3.95. The molecule has 3 aliphatic heterocycles. The van der Waals surface area contributed by atoms with Gasteiger partial charge in [-0.15, -0.1) is 0 Å². The number of anilines is 1. The van der Waals surface area contributed by atoms with E-state index in [4.69, 9.17) is 16.3 Å². The van der Waals surface area contributed by atoms with Gasteiger partial charge in [-0.3, -0.25) is 14.4 Å². The van der Waals surface area contributed by atoms with E-state index in [1.165, 1.54) is 0 Å².